The highest BCUT2D eigenvalue weighted by atomic mass is 16.4. The fraction of sp³-hybridized carbons (Fsp3) is 0.0164. The summed E-state index contributed by atoms with van der Waals surface area (Å²) in [7, 11) is 0. The molecule has 12 rings (SSSR count). The third kappa shape index (κ3) is 11.5. The average Bonchev–Trinajstić information content (AvgIpc) is 1.14. The summed E-state index contributed by atoms with van der Waals surface area (Å²) in [6, 6.07) is 26.2. The van der Waals surface area contributed by atoms with Crippen LogP contribution in [0.2, 0.25) is 0 Å². The van der Waals surface area contributed by atoms with Crippen LogP contribution in [0.3, 0.4) is 0 Å². The van der Waals surface area contributed by atoms with Crippen molar-refractivity contribution in [2.75, 3.05) is 0 Å². The molecule has 0 aliphatic carbocycles. The molecule has 0 saturated heterocycles. The number of aryl methyl sites for hydroxylation is 1. The molecule has 4 heterocycles. The SMILES string of the molecule is Cc1ccc(-c2oc3cc(O)cc(O)c3c(=O)c2O)cc1.O=c1c(O)c(-c2cc(O)c(O)c(O)c2)oc2cc(O)cc(O)c12.O=c1c(O)c(-c2ccc(O)c(O)c2)oc2cc(O)cc(O)c12.O=c1cc(-c2ccc(O)c(O)c2)oc2cc(O)cc(O)c12. The summed E-state index contributed by atoms with van der Waals surface area (Å²) < 4.78 is 21.6. The second-order valence-electron chi connectivity index (χ2n) is 18.8. The Bertz CT molecular complexity index is 4990. The van der Waals surface area contributed by atoms with Gasteiger partial charge in [0.2, 0.25) is 33.5 Å². The van der Waals surface area contributed by atoms with E-state index in [9.17, 15) is 111 Å². The third-order valence-electron chi connectivity index (χ3n) is 12.7. The van der Waals surface area contributed by atoms with Crippen molar-refractivity contribution in [2.24, 2.45) is 0 Å². The number of hydrogen-bond donors (Lipinski definition) is 18. The van der Waals surface area contributed by atoms with Crippen molar-refractivity contribution in [3.63, 3.8) is 0 Å². The maximum atomic E-state index is 12.2. The van der Waals surface area contributed by atoms with Gasteiger partial charge in [-0.25, -0.2) is 0 Å². The van der Waals surface area contributed by atoms with Gasteiger partial charge in [0.15, 0.2) is 63.0 Å². The van der Waals surface area contributed by atoms with Crippen LogP contribution in [0.25, 0.3) is 89.2 Å². The van der Waals surface area contributed by atoms with E-state index in [1.807, 2.05) is 19.1 Å². The first kappa shape index (κ1) is 58.6. The molecule has 26 heteroatoms. The van der Waals surface area contributed by atoms with Crippen molar-refractivity contribution in [3.8, 4) is 149 Å². The van der Waals surface area contributed by atoms with Gasteiger partial charge in [-0.05, 0) is 55.5 Å². The first-order valence-corrected chi connectivity index (χ1v) is 24.6. The lowest BCUT2D eigenvalue weighted by atomic mass is 10.1. The molecule has 0 spiro atoms. The second-order valence-corrected chi connectivity index (χ2v) is 18.8. The molecule has 87 heavy (non-hydrogen) atoms. The van der Waals surface area contributed by atoms with Crippen molar-refractivity contribution in [3.05, 3.63) is 174 Å². The van der Waals surface area contributed by atoms with Crippen LogP contribution >= 0.6 is 0 Å². The van der Waals surface area contributed by atoms with Crippen LogP contribution in [0, 0.1) is 6.92 Å². The molecular formula is C61H42O26. The topological polar surface area (TPSA) is 485 Å². The second kappa shape index (κ2) is 22.7. The van der Waals surface area contributed by atoms with Gasteiger partial charge in [-0.1, -0.05) is 29.8 Å². The summed E-state index contributed by atoms with van der Waals surface area (Å²) in [4.78, 5) is 48.5. The fourth-order valence-corrected chi connectivity index (χ4v) is 8.59. The van der Waals surface area contributed by atoms with Gasteiger partial charge in [-0.15, -0.1) is 0 Å². The summed E-state index contributed by atoms with van der Waals surface area (Å²) in [5.74, 6) is -9.49. The van der Waals surface area contributed by atoms with E-state index < -0.39 is 85.0 Å². The maximum absolute atomic E-state index is 12.2. The summed E-state index contributed by atoms with van der Waals surface area (Å²) in [6.07, 6.45) is 0. The highest BCUT2D eigenvalue weighted by Crippen LogP contribution is 2.44. The van der Waals surface area contributed by atoms with Crippen LogP contribution in [-0.2, 0) is 0 Å². The Kier molecular flexibility index (Phi) is 15.3. The molecule has 26 nitrogen and oxygen atoms in total. The molecule has 0 unspecified atom stereocenters. The van der Waals surface area contributed by atoms with Crippen molar-refractivity contribution in [1.82, 2.24) is 0 Å². The van der Waals surface area contributed by atoms with Crippen molar-refractivity contribution in [1.29, 1.82) is 0 Å². The molecule has 12 aromatic rings. The van der Waals surface area contributed by atoms with Gasteiger partial charge < -0.3 is 110 Å². The van der Waals surface area contributed by atoms with E-state index in [2.05, 4.69) is 0 Å². The van der Waals surface area contributed by atoms with Crippen molar-refractivity contribution in [2.45, 2.75) is 6.92 Å². The average molecular weight is 1190 g/mol. The van der Waals surface area contributed by atoms with Gasteiger partial charge in [-0.2, -0.15) is 0 Å². The molecule has 0 radical (unpaired) electrons. The van der Waals surface area contributed by atoms with E-state index >= 15 is 0 Å². The van der Waals surface area contributed by atoms with Gasteiger partial charge in [0, 0.05) is 76.9 Å². The predicted molar refractivity (Wildman–Crippen MR) is 306 cm³/mol. The quantitative estimate of drug-likeness (QED) is 0.0731. The summed E-state index contributed by atoms with van der Waals surface area (Å²) in [5.41, 5.74) is -1.47. The summed E-state index contributed by atoms with van der Waals surface area (Å²) >= 11 is 0. The standard InChI is InChI=1S/C16H12O5.C15H10O8.C15H10O7.C15H10O6/c1-8-2-4-9(5-3-8)16-15(20)14(19)13-11(18)6-10(17)7-12(13)21-16;16-6-3-7(17)11-10(4-6)23-15(14(22)13(11)21)5-1-8(18)12(20)9(19)2-5;16-7-4-10(19)12-11(5-7)22-15(14(21)13(12)20)6-1-2-8(17)9(18)3-6;16-8-4-11(19)15-12(20)6-13(21-14(15)5-8)7-1-2-9(17)10(18)3-7/h2-7,17-18,20H,1H3;1-4,16-20,22H;1-5,16-19,21H;1-6,16-19H. The molecule has 0 fully saturated rings. The van der Waals surface area contributed by atoms with Gasteiger partial charge >= 0.3 is 0 Å². The molecule has 0 aliphatic heterocycles. The number of phenols is 15. The molecule has 0 bridgehead atoms. The molecule has 18 N–H and O–H groups in total. The Morgan fingerprint density at radius 1 is 0.264 bits per heavy atom. The van der Waals surface area contributed by atoms with Crippen LogP contribution < -0.4 is 21.7 Å². The fourth-order valence-electron chi connectivity index (χ4n) is 8.59. The zero-order valence-electron chi connectivity index (χ0n) is 43.9. The van der Waals surface area contributed by atoms with E-state index in [4.69, 9.17) is 17.7 Å². The Morgan fingerprint density at radius 2 is 0.586 bits per heavy atom. The molecule has 0 atom stereocenters. The molecule has 0 amide bonds. The Labute approximate surface area is 481 Å². The Hall–Kier alpha value is -13.0. The largest absolute Gasteiger partial charge is 0.508 e. The Balaban J connectivity index is 0.000000138. The lowest BCUT2D eigenvalue weighted by Gasteiger charge is -2.09. The lowest BCUT2D eigenvalue weighted by molar-refractivity contribution is 0.368. The number of rotatable bonds is 4. The third-order valence-corrected chi connectivity index (χ3v) is 12.7. The van der Waals surface area contributed by atoms with Gasteiger partial charge in [-0.3, -0.25) is 19.2 Å². The zero-order chi connectivity index (χ0) is 63.2. The molecule has 0 aliphatic rings. The van der Waals surface area contributed by atoms with E-state index in [0.29, 0.717) is 11.1 Å². The van der Waals surface area contributed by atoms with Crippen LogP contribution in [-0.4, -0.2) is 91.9 Å². The molecule has 0 saturated carbocycles. The number of aromatic hydroxyl groups is 18. The minimum atomic E-state index is -0.967. The minimum Gasteiger partial charge on any atom is -0.508 e. The first-order valence-electron chi connectivity index (χ1n) is 24.6. The minimum absolute atomic E-state index is 0.00231. The van der Waals surface area contributed by atoms with Crippen molar-refractivity contribution < 1.29 is 110 Å². The van der Waals surface area contributed by atoms with E-state index in [0.717, 1.165) is 72.3 Å². The van der Waals surface area contributed by atoms with Gasteiger partial charge in [0.05, 0.1) is 0 Å². The van der Waals surface area contributed by atoms with E-state index in [1.54, 1.807) is 12.1 Å². The monoisotopic (exact) mass is 1190 g/mol. The first-order chi connectivity index (χ1) is 41.1. The number of hydrogen-bond acceptors (Lipinski definition) is 26. The number of phenolic OH excluding ortho intramolecular Hbond substituents is 15. The molecule has 442 valence electrons. The number of benzene rings is 8. The number of fused-ring (bicyclic) bond motifs is 4. The zero-order valence-corrected chi connectivity index (χ0v) is 43.9. The van der Waals surface area contributed by atoms with Crippen LogP contribution in [0.15, 0.2) is 164 Å². The van der Waals surface area contributed by atoms with Crippen LogP contribution in [0.5, 0.6) is 103 Å². The maximum Gasteiger partial charge on any atom is 0.238 e. The molecule has 4 aromatic heterocycles. The summed E-state index contributed by atoms with van der Waals surface area (Å²) in [5, 5.41) is 172. The van der Waals surface area contributed by atoms with E-state index in [1.165, 1.54) is 36.4 Å². The smallest absolute Gasteiger partial charge is 0.238 e. The highest BCUT2D eigenvalue weighted by molar-refractivity contribution is 5.91. The van der Waals surface area contributed by atoms with Crippen molar-refractivity contribution >= 4 is 43.9 Å². The Morgan fingerprint density at radius 3 is 0.989 bits per heavy atom. The molecular weight excluding hydrogens is 1150 g/mol. The van der Waals surface area contributed by atoms with Gasteiger partial charge in [0.1, 0.15) is 95.6 Å². The summed E-state index contributed by atoms with van der Waals surface area (Å²) in [6.45, 7) is 1.91. The van der Waals surface area contributed by atoms with Crippen LogP contribution in [0.1, 0.15) is 5.56 Å². The molecule has 8 aromatic carbocycles. The van der Waals surface area contributed by atoms with E-state index in [-0.39, 0.29) is 118 Å². The van der Waals surface area contributed by atoms with Gasteiger partial charge in [0.25, 0.3) is 0 Å². The predicted octanol–water partition coefficient (Wildman–Crippen LogP) is 8.85. The normalized spacial score (nSPS) is 10.9. The highest BCUT2D eigenvalue weighted by Gasteiger charge is 2.24. The van der Waals surface area contributed by atoms with Crippen LogP contribution in [0.4, 0.5) is 0 Å². The lowest BCUT2D eigenvalue weighted by Crippen LogP contribution is -2.03.